The molecule has 3 nitrogen and oxygen atoms in total. The summed E-state index contributed by atoms with van der Waals surface area (Å²) in [6.45, 7) is 4.34. The number of aryl methyl sites for hydroxylation is 2. The summed E-state index contributed by atoms with van der Waals surface area (Å²) in [5.74, 6) is 2.59. The van der Waals surface area contributed by atoms with Crippen molar-refractivity contribution >= 4 is 11.8 Å². The van der Waals surface area contributed by atoms with E-state index < -0.39 is 0 Å². The molecule has 0 unspecified atom stereocenters. The predicted molar refractivity (Wildman–Crippen MR) is 113 cm³/mol. The van der Waals surface area contributed by atoms with Crippen LogP contribution in [0.15, 0.2) is 53.7 Å². The fourth-order valence-corrected chi connectivity index (χ4v) is 4.76. The molecule has 0 radical (unpaired) electrons. The van der Waals surface area contributed by atoms with Crippen LogP contribution in [0.4, 0.5) is 0 Å². The summed E-state index contributed by atoms with van der Waals surface area (Å²) in [6, 6.07) is 17.3. The molecule has 1 heterocycles. The number of hydrogen-bond acceptors (Lipinski definition) is 3. The zero-order valence-electron chi connectivity index (χ0n) is 16.2. The maximum absolute atomic E-state index is 4.65. The molecular formula is C23H27N3S. The van der Waals surface area contributed by atoms with Gasteiger partial charge in [-0.3, -0.25) is 4.57 Å². The van der Waals surface area contributed by atoms with E-state index in [1.54, 1.807) is 11.8 Å². The Hall–Kier alpha value is -2.07. The monoisotopic (exact) mass is 377 g/mol. The van der Waals surface area contributed by atoms with Gasteiger partial charge in [0.2, 0.25) is 0 Å². The van der Waals surface area contributed by atoms with E-state index in [1.807, 2.05) is 0 Å². The van der Waals surface area contributed by atoms with Crippen LogP contribution in [0.3, 0.4) is 0 Å². The van der Waals surface area contributed by atoms with E-state index in [-0.39, 0.29) is 0 Å². The first-order valence-electron chi connectivity index (χ1n) is 9.92. The minimum atomic E-state index is 0.530. The van der Waals surface area contributed by atoms with E-state index in [0.29, 0.717) is 5.92 Å². The molecule has 4 heteroatoms. The second-order valence-corrected chi connectivity index (χ2v) is 8.50. The van der Waals surface area contributed by atoms with Gasteiger partial charge in [-0.2, -0.15) is 0 Å². The van der Waals surface area contributed by atoms with E-state index in [4.69, 9.17) is 0 Å². The number of rotatable bonds is 5. The van der Waals surface area contributed by atoms with E-state index in [9.17, 15) is 0 Å². The third-order valence-corrected chi connectivity index (χ3v) is 6.58. The van der Waals surface area contributed by atoms with Crippen LogP contribution in [0.25, 0.3) is 5.69 Å². The van der Waals surface area contributed by atoms with Crippen molar-refractivity contribution in [2.75, 3.05) is 0 Å². The molecule has 1 fully saturated rings. The third kappa shape index (κ3) is 4.11. The molecule has 27 heavy (non-hydrogen) atoms. The van der Waals surface area contributed by atoms with Gasteiger partial charge in [-0.15, -0.1) is 10.2 Å². The maximum Gasteiger partial charge on any atom is 0.196 e. The van der Waals surface area contributed by atoms with Crippen molar-refractivity contribution in [1.82, 2.24) is 14.8 Å². The Morgan fingerprint density at radius 1 is 0.926 bits per heavy atom. The largest absolute Gasteiger partial charge is 0.274 e. The predicted octanol–water partition coefficient (Wildman–Crippen LogP) is 6.22. The Bertz CT molecular complexity index is 895. The molecule has 0 N–H and O–H groups in total. The first-order chi connectivity index (χ1) is 13.2. The van der Waals surface area contributed by atoms with Crippen molar-refractivity contribution in [2.45, 2.75) is 62.8 Å². The number of para-hydroxylation sites is 1. The van der Waals surface area contributed by atoms with Crippen LogP contribution in [0, 0.1) is 13.8 Å². The molecule has 140 valence electrons. The highest BCUT2D eigenvalue weighted by Crippen LogP contribution is 2.35. The molecular weight excluding hydrogens is 350 g/mol. The van der Waals surface area contributed by atoms with Gasteiger partial charge in [-0.25, -0.2) is 0 Å². The molecule has 0 spiro atoms. The Kier molecular flexibility index (Phi) is 5.63. The number of benzene rings is 2. The van der Waals surface area contributed by atoms with Crippen LogP contribution in [0.1, 0.15) is 60.5 Å². The molecule has 0 amide bonds. The molecule has 0 atom stereocenters. The van der Waals surface area contributed by atoms with Gasteiger partial charge in [0.05, 0.1) is 0 Å². The van der Waals surface area contributed by atoms with Crippen LogP contribution >= 0.6 is 11.8 Å². The third-order valence-electron chi connectivity index (χ3n) is 5.58. The lowest BCUT2D eigenvalue weighted by Gasteiger charge is -2.22. The zero-order valence-corrected chi connectivity index (χ0v) is 17.0. The van der Waals surface area contributed by atoms with Gasteiger partial charge in [-0.05, 0) is 55.5 Å². The topological polar surface area (TPSA) is 30.7 Å². The second kappa shape index (κ2) is 8.30. The van der Waals surface area contributed by atoms with Crippen molar-refractivity contribution in [3.63, 3.8) is 0 Å². The SMILES string of the molecule is Cc1ccc(CSc2nnc(C3CCCCC3)n2-c2ccccc2)cc1C. The number of hydrogen-bond donors (Lipinski definition) is 0. The molecule has 0 bridgehead atoms. The fraction of sp³-hybridized carbons (Fsp3) is 0.391. The Morgan fingerprint density at radius 2 is 1.70 bits per heavy atom. The summed E-state index contributed by atoms with van der Waals surface area (Å²) < 4.78 is 2.29. The standard InChI is InChI=1S/C23H27N3S/c1-17-13-14-19(15-18(17)2)16-27-23-25-24-22(20-9-5-3-6-10-20)26(23)21-11-7-4-8-12-21/h4,7-8,11-15,20H,3,5-6,9-10,16H2,1-2H3. The minimum absolute atomic E-state index is 0.530. The quantitative estimate of drug-likeness (QED) is 0.494. The van der Waals surface area contributed by atoms with Crippen molar-refractivity contribution < 1.29 is 0 Å². The van der Waals surface area contributed by atoms with Gasteiger partial charge < -0.3 is 0 Å². The van der Waals surface area contributed by atoms with Gasteiger partial charge in [0, 0.05) is 17.4 Å². The number of aromatic nitrogens is 3. The first-order valence-corrected chi connectivity index (χ1v) is 10.9. The smallest absolute Gasteiger partial charge is 0.196 e. The van der Waals surface area contributed by atoms with Crippen molar-refractivity contribution in [1.29, 1.82) is 0 Å². The van der Waals surface area contributed by atoms with Gasteiger partial charge in [-0.1, -0.05) is 67.4 Å². The van der Waals surface area contributed by atoms with Crippen molar-refractivity contribution in [3.8, 4) is 5.69 Å². The van der Waals surface area contributed by atoms with Crippen molar-refractivity contribution in [2.24, 2.45) is 0 Å². The van der Waals surface area contributed by atoms with E-state index in [1.165, 1.54) is 54.5 Å². The average molecular weight is 378 g/mol. The molecule has 1 aliphatic rings. The van der Waals surface area contributed by atoms with Gasteiger partial charge in [0.15, 0.2) is 5.16 Å². The molecule has 0 saturated heterocycles. The molecule has 1 aromatic heterocycles. The lowest BCUT2D eigenvalue weighted by Crippen LogP contribution is -2.11. The Balaban J connectivity index is 1.63. The molecule has 1 aliphatic carbocycles. The van der Waals surface area contributed by atoms with Crippen molar-refractivity contribution in [3.05, 3.63) is 71.0 Å². The first kappa shape index (κ1) is 18.3. The van der Waals surface area contributed by atoms with Crippen LogP contribution in [0.5, 0.6) is 0 Å². The summed E-state index contributed by atoms with van der Waals surface area (Å²) in [4.78, 5) is 0. The Labute approximate surface area is 166 Å². The van der Waals surface area contributed by atoms with E-state index >= 15 is 0 Å². The van der Waals surface area contributed by atoms with Gasteiger partial charge in [0.25, 0.3) is 0 Å². The average Bonchev–Trinajstić information content (AvgIpc) is 3.14. The van der Waals surface area contributed by atoms with Gasteiger partial charge >= 0.3 is 0 Å². The highest BCUT2D eigenvalue weighted by Gasteiger charge is 2.24. The van der Waals surface area contributed by atoms with Gasteiger partial charge in [0.1, 0.15) is 5.82 Å². The molecule has 4 rings (SSSR count). The van der Waals surface area contributed by atoms with Crippen LogP contribution in [-0.2, 0) is 5.75 Å². The summed E-state index contributed by atoms with van der Waals surface area (Å²) in [5, 5.41) is 10.3. The maximum atomic E-state index is 4.65. The van der Waals surface area contributed by atoms with Crippen LogP contribution in [-0.4, -0.2) is 14.8 Å². The summed E-state index contributed by atoms with van der Waals surface area (Å²) >= 11 is 1.78. The Morgan fingerprint density at radius 3 is 2.44 bits per heavy atom. The number of thioether (sulfide) groups is 1. The number of nitrogens with zero attached hydrogens (tertiary/aromatic N) is 3. The molecule has 2 aromatic carbocycles. The molecule has 1 saturated carbocycles. The summed E-state index contributed by atoms with van der Waals surface area (Å²) in [5.41, 5.74) is 5.20. The van der Waals surface area contributed by atoms with E-state index in [2.05, 4.69) is 77.1 Å². The lowest BCUT2D eigenvalue weighted by atomic mass is 9.88. The van der Waals surface area contributed by atoms with E-state index in [0.717, 1.165) is 16.7 Å². The minimum Gasteiger partial charge on any atom is -0.274 e. The normalized spacial score (nSPS) is 15.2. The van der Waals surface area contributed by atoms with Crippen LogP contribution in [0.2, 0.25) is 0 Å². The zero-order chi connectivity index (χ0) is 18.6. The van der Waals surface area contributed by atoms with Crippen LogP contribution < -0.4 is 0 Å². The second-order valence-electron chi connectivity index (χ2n) is 7.55. The summed E-state index contributed by atoms with van der Waals surface area (Å²) in [6.07, 6.45) is 6.42. The molecule has 0 aliphatic heterocycles. The fourth-order valence-electron chi connectivity index (χ4n) is 3.86. The summed E-state index contributed by atoms with van der Waals surface area (Å²) in [7, 11) is 0. The lowest BCUT2D eigenvalue weighted by molar-refractivity contribution is 0.423. The molecule has 3 aromatic rings. The highest BCUT2D eigenvalue weighted by molar-refractivity contribution is 7.98. The highest BCUT2D eigenvalue weighted by atomic mass is 32.2.